The molecular weight excluding hydrogens is 306 g/mol. The van der Waals surface area contributed by atoms with Gasteiger partial charge in [-0.15, -0.1) is 0 Å². The minimum absolute atomic E-state index is 0.0919. The highest BCUT2D eigenvalue weighted by Crippen LogP contribution is 2.19. The molecule has 2 rings (SSSR count). The van der Waals surface area contributed by atoms with Gasteiger partial charge in [0.2, 0.25) is 0 Å². The van der Waals surface area contributed by atoms with Crippen LogP contribution in [0.15, 0.2) is 5.03 Å². The first-order valence-electron chi connectivity index (χ1n) is 6.12. The lowest BCUT2D eigenvalue weighted by molar-refractivity contribution is 0.277. The lowest BCUT2D eigenvalue weighted by atomic mass is 10.2. The van der Waals surface area contributed by atoms with Gasteiger partial charge in [0.05, 0.1) is 18.1 Å². The maximum Gasteiger partial charge on any atom is 0.260 e. The van der Waals surface area contributed by atoms with Crippen molar-refractivity contribution in [1.29, 1.82) is 0 Å². The minimum atomic E-state index is -3.95. The van der Waals surface area contributed by atoms with E-state index in [2.05, 4.69) is 14.9 Å². The lowest BCUT2D eigenvalue weighted by Gasteiger charge is -2.22. The monoisotopic (exact) mass is 323 g/mol. The molecule has 3 N–H and O–H groups in total. The molecule has 1 aromatic rings. The Morgan fingerprint density at radius 3 is 2.80 bits per heavy atom. The Balaban J connectivity index is 2.23. The first-order chi connectivity index (χ1) is 9.25. The van der Waals surface area contributed by atoms with E-state index < -0.39 is 32.5 Å². The van der Waals surface area contributed by atoms with E-state index in [4.69, 9.17) is 0 Å². The molecule has 0 radical (unpaired) electrons. The maximum atomic E-state index is 12.2. The van der Waals surface area contributed by atoms with E-state index >= 15 is 0 Å². The van der Waals surface area contributed by atoms with E-state index in [0.717, 1.165) is 0 Å². The number of sulfone groups is 1. The third-order valence-electron chi connectivity index (χ3n) is 3.23. The first-order valence-corrected chi connectivity index (χ1v) is 9.43. The minimum Gasteiger partial charge on any atom is -0.392 e. The molecule has 10 heteroatoms. The number of aliphatic hydroxyl groups is 1. The largest absolute Gasteiger partial charge is 0.392 e. The second-order valence-electron chi connectivity index (χ2n) is 4.87. The molecule has 0 bridgehead atoms. The van der Waals surface area contributed by atoms with Crippen molar-refractivity contribution in [2.24, 2.45) is 0 Å². The fraction of sp³-hybridized carbons (Fsp3) is 0.700. The number of hydrogen-bond donors (Lipinski definition) is 3. The van der Waals surface area contributed by atoms with E-state index in [1.807, 2.05) is 0 Å². The molecular formula is C10H17N3O5S2. The summed E-state index contributed by atoms with van der Waals surface area (Å²) in [4.78, 5) is 0. The fourth-order valence-corrected chi connectivity index (χ4v) is 5.43. The Morgan fingerprint density at radius 2 is 2.20 bits per heavy atom. The quantitative estimate of drug-likeness (QED) is 0.656. The number of aryl methyl sites for hydroxylation is 1. The van der Waals surface area contributed by atoms with Crippen molar-refractivity contribution in [1.82, 2.24) is 14.9 Å². The van der Waals surface area contributed by atoms with Crippen molar-refractivity contribution in [2.75, 3.05) is 11.5 Å². The van der Waals surface area contributed by atoms with E-state index in [-0.39, 0.29) is 22.1 Å². The first kappa shape index (κ1) is 15.4. The van der Waals surface area contributed by atoms with Crippen LogP contribution in [0.5, 0.6) is 0 Å². The Hall–Kier alpha value is -0.970. The summed E-state index contributed by atoms with van der Waals surface area (Å²) in [5.74, 6) is -0.112. The highest BCUT2D eigenvalue weighted by Gasteiger charge is 2.31. The van der Waals surface area contributed by atoms with Gasteiger partial charge in [-0.3, -0.25) is 5.10 Å². The summed E-state index contributed by atoms with van der Waals surface area (Å²) in [6, 6.07) is -0.651. The third-order valence-corrected chi connectivity index (χ3v) is 6.54. The van der Waals surface area contributed by atoms with Crippen LogP contribution in [0.2, 0.25) is 0 Å². The molecule has 0 amide bonds. The van der Waals surface area contributed by atoms with Gasteiger partial charge < -0.3 is 5.11 Å². The molecule has 1 fully saturated rings. The van der Waals surface area contributed by atoms with Crippen LogP contribution in [0.3, 0.4) is 0 Å². The summed E-state index contributed by atoms with van der Waals surface area (Å²) in [5, 5.41) is 15.1. The Bertz CT molecular complexity index is 692. The van der Waals surface area contributed by atoms with Gasteiger partial charge in [-0.1, -0.05) is 0 Å². The number of sulfonamides is 1. The molecule has 20 heavy (non-hydrogen) atoms. The number of H-pyrrole nitrogens is 1. The molecule has 1 atom stereocenters. The highest BCUT2D eigenvalue weighted by molar-refractivity contribution is 7.91. The predicted octanol–water partition coefficient (Wildman–Crippen LogP) is -0.934. The average molecular weight is 323 g/mol. The van der Waals surface area contributed by atoms with Crippen LogP contribution in [-0.2, 0) is 26.5 Å². The molecule has 0 aliphatic carbocycles. The van der Waals surface area contributed by atoms with Crippen LogP contribution in [0.1, 0.15) is 24.1 Å². The zero-order chi connectivity index (χ0) is 15.0. The lowest BCUT2D eigenvalue weighted by Crippen LogP contribution is -2.43. The maximum absolute atomic E-state index is 12.2. The Morgan fingerprint density at radius 1 is 1.50 bits per heavy atom. The van der Waals surface area contributed by atoms with Gasteiger partial charge in [0.25, 0.3) is 10.0 Å². The molecule has 1 aliphatic rings. The van der Waals surface area contributed by atoms with Crippen LogP contribution in [0.25, 0.3) is 0 Å². The predicted molar refractivity (Wildman–Crippen MR) is 71.2 cm³/mol. The van der Waals surface area contributed by atoms with E-state index in [0.29, 0.717) is 18.5 Å². The van der Waals surface area contributed by atoms with Crippen LogP contribution < -0.4 is 4.72 Å². The van der Waals surface area contributed by atoms with E-state index in [9.17, 15) is 21.9 Å². The smallest absolute Gasteiger partial charge is 0.260 e. The number of aromatic nitrogens is 2. The third kappa shape index (κ3) is 3.19. The Labute approximate surface area is 117 Å². The molecule has 0 aromatic carbocycles. The van der Waals surface area contributed by atoms with Crippen molar-refractivity contribution >= 4 is 19.9 Å². The van der Waals surface area contributed by atoms with Crippen molar-refractivity contribution in [3.8, 4) is 0 Å². The summed E-state index contributed by atoms with van der Waals surface area (Å²) in [6.45, 7) is 1.14. The van der Waals surface area contributed by atoms with Crippen LogP contribution in [0.4, 0.5) is 0 Å². The summed E-state index contributed by atoms with van der Waals surface area (Å²) >= 11 is 0. The van der Waals surface area contributed by atoms with E-state index in [1.54, 1.807) is 6.92 Å². The highest BCUT2D eigenvalue weighted by atomic mass is 32.2. The number of nitrogens with zero attached hydrogens (tertiary/aromatic N) is 1. The van der Waals surface area contributed by atoms with Gasteiger partial charge in [-0.25, -0.2) is 21.6 Å². The number of rotatable bonds is 4. The van der Waals surface area contributed by atoms with Gasteiger partial charge in [-0.2, -0.15) is 5.10 Å². The van der Waals surface area contributed by atoms with Crippen molar-refractivity contribution < 1.29 is 21.9 Å². The molecule has 8 nitrogen and oxygen atoms in total. The summed E-state index contributed by atoms with van der Waals surface area (Å²) < 4.78 is 49.8. The molecule has 114 valence electrons. The normalized spacial score (nSPS) is 22.8. The van der Waals surface area contributed by atoms with Gasteiger partial charge >= 0.3 is 0 Å². The van der Waals surface area contributed by atoms with Gasteiger partial charge in [0.15, 0.2) is 14.9 Å². The number of aromatic amines is 1. The summed E-state index contributed by atoms with van der Waals surface area (Å²) in [6.07, 6.45) is 0.901. The second-order valence-corrected chi connectivity index (χ2v) is 8.72. The zero-order valence-electron chi connectivity index (χ0n) is 11.0. The average Bonchev–Trinajstić information content (AvgIpc) is 2.69. The molecule has 1 aliphatic heterocycles. The van der Waals surface area contributed by atoms with Crippen molar-refractivity contribution in [3.63, 3.8) is 0 Å². The molecule has 0 spiro atoms. The van der Waals surface area contributed by atoms with E-state index in [1.165, 1.54) is 0 Å². The molecule has 1 unspecified atom stereocenters. The number of hydrogen-bond acceptors (Lipinski definition) is 6. The van der Waals surface area contributed by atoms with Crippen LogP contribution >= 0.6 is 0 Å². The van der Waals surface area contributed by atoms with Gasteiger partial charge in [0, 0.05) is 17.3 Å². The molecule has 1 saturated heterocycles. The Kier molecular flexibility index (Phi) is 4.19. The topological polar surface area (TPSA) is 129 Å². The van der Waals surface area contributed by atoms with Gasteiger partial charge in [-0.05, 0) is 19.8 Å². The standard InChI is InChI=1S/C10H17N3O5S2/c1-7-9(5-14)10(12-11-7)20(17,18)13-8-3-2-4-19(15,16)6-8/h8,13-14H,2-6H2,1H3,(H,11,12). The van der Waals surface area contributed by atoms with Gasteiger partial charge in [0.1, 0.15) is 0 Å². The van der Waals surface area contributed by atoms with Crippen LogP contribution in [-0.4, -0.2) is 49.7 Å². The molecule has 2 heterocycles. The second kappa shape index (κ2) is 5.43. The molecule has 1 aromatic heterocycles. The molecule has 0 saturated carbocycles. The van der Waals surface area contributed by atoms with Crippen molar-refractivity contribution in [2.45, 2.75) is 37.4 Å². The summed E-state index contributed by atoms with van der Waals surface area (Å²) in [7, 11) is -7.15. The number of aliphatic hydroxyl groups excluding tert-OH is 1. The van der Waals surface area contributed by atoms with Crippen LogP contribution in [0, 0.1) is 6.92 Å². The zero-order valence-corrected chi connectivity index (χ0v) is 12.6. The number of nitrogens with one attached hydrogen (secondary N) is 2. The SMILES string of the molecule is Cc1[nH]nc(S(=O)(=O)NC2CCCS(=O)(=O)C2)c1CO. The fourth-order valence-electron chi connectivity index (χ4n) is 2.23. The summed E-state index contributed by atoms with van der Waals surface area (Å²) in [5.41, 5.74) is 0.653. The van der Waals surface area contributed by atoms with Crippen molar-refractivity contribution in [3.05, 3.63) is 11.3 Å².